The minimum absolute atomic E-state index is 0.0573. The summed E-state index contributed by atoms with van der Waals surface area (Å²) in [6, 6.07) is 0. The Morgan fingerprint density at radius 3 is 2.43 bits per heavy atom. The van der Waals surface area contributed by atoms with Gasteiger partial charge in [-0.05, 0) is 13.3 Å². The summed E-state index contributed by atoms with van der Waals surface area (Å²) in [4.78, 5) is 0. The number of ether oxygens (including phenoxy) is 1. The Morgan fingerprint density at radius 1 is 1.71 bits per heavy atom. The van der Waals surface area contributed by atoms with Gasteiger partial charge in [0, 0.05) is 6.61 Å². The summed E-state index contributed by atoms with van der Waals surface area (Å²) in [6.45, 7) is 4.13. The van der Waals surface area contributed by atoms with E-state index in [4.69, 9.17) is 5.11 Å². The Morgan fingerprint density at radius 2 is 2.29 bits per heavy atom. The fourth-order valence-corrected chi connectivity index (χ4v) is 0.250. The van der Waals surface area contributed by atoms with Crippen molar-refractivity contribution in [2.45, 2.75) is 20.3 Å². The molecule has 1 radical (unpaired) electrons. The van der Waals surface area contributed by atoms with Crippen molar-refractivity contribution < 1.29 is 9.84 Å². The molecule has 0 saturated carbocycles. The lowest BCUT2D eigenvalue weighted by atomic mass is 10.5. The van der Waals surface area contributed by atoms with Crippen molar-refractivity contribution in [3.63, 3.8) is 0 Å². The predicted octanol–water partition coefficient (Wildman–Crippen LogP) is 1.29. The molecule has 0 saturated heterocycles. The van der Waals surface area contributed by atoms with Gasteiger partial charge in [0.05, 0.1) is 0 Å². The van der Waals surface area contributed by atoms with Crippen LogP contribution in [0.4, 0.5) is 0 Å². The number of hydrogen-bond acceptors (Lipinski definition) is 2. The van der Waals surface area contributed by atoms with E-state index >= 15 is 0 Å². The van der Waals surface area contributed by atoms with Crippen molar-refractivity contribution in [1.82, 2.24) is 0 Å². The number of rotatable bonds is 3. The average molecular weight is 103 g/mol. The van der Waals surface area contributed by atoms with E-state index in [1.54, 1.807) is 0 Å². The summed E-state index contributed by atoms with van der Waals surface area (Å²) in [5.74, 6) is 0. The molecule has 2 nitrogen and oxygen atoms in total. The summed E-state index contributed by atoms with van der Waals surface area (Å²) in [6.07, 6.45) is 1.000. The second-order valence-corrected chi connectivity index (χ2v) is 1.37. The van der Waals surface area contributed by atoms with Crippen LogP contribution in [0.1, 0.15) is 20.3 Å². The molecule has 1 N–H and O–H groups in total. The molecular weight excluding hydrogens is 92.1 g/mol. The molecule has 0 bridgehead atoms. The van der Waals surface area contributed by atoms with Crippen molar-refractivity contribution in [3.8, 4) is 0 Å². The molecule has 0 amide bonds. The van der Waals surface area contributed by atoms with E-state index in [1.165, 1.54) is 6.92 Å². The van der Waals surface area contributed by atoms with Crippen LogP contribution in [0.2, 0.25) is 0 Å². The highest BCUT2D eigenvalue weighted by molar-refractivity contribution is 4.46. The Bertz CT molecular complexity index is 35.1. The lowest BCUT2D eigenvalue weighted by molar-refractivity contribution is 0.0153. The van der Waals surface area contributed by atoms with Crippen molar-refractivity contribution in [2.75, 3.05) is 6.61 Å². The zero-order chi connectivity index (χ0) is 5.70. The summed E-state index contributed by atoms with van der Waals surface area (Å²) >= 11 is 0. The third-order valence-electron chi connectivity index (χ3n) is 0.515. The molecule has 0 aromatic carbocycles. The SMILES string of the molecule is CCCO[C](C)O. The molecule has 0 rings (SSSR count). The molecule has 0 heterocycles. The second kappa shape index (κ2) is 4.09. The highest BCUT2D eigenvalue weighted by Gasteiger charge is 1.91. The van der Waals surface area contributed by atoms with E-state index in [1.807, 2.05) is 6.92 Å². The van der Waals surface area contributed by atoms with Gasteiger partial charge in [0.15, 0.2) is 0 Å². The zero-order valence-electron chi connectivity index (χ0n) is 4.77. The minimum Gasteiger partial charge on any atom is -0.362 e. The van der Waals surface area contributed by atoms with Gasteiger partial charge in [-0.2, -0.15) is 0 Å². The van der Waals surface area contributed by atoms with Crippen molar-refractivity contribution in [3.05, 3.63) is 6.29 Å². The minimum atomic E-state index is 0.0573. The summed E-state index contributed by atoms with van der Waals surface area (Å²) in [5, 5.41) is 8.38. The first-order valence-corrected chi connectivity index (χ1v) is 2.42. The van der Waals surface area contributed by atoms with Crippen LogP contribution in [0.5, 0.6) is 0 Å². The van der Waals surface area contributed by atoms with Gasteiger partial charge in [-0.3, -0.25) is 0 Å². The molecule has 2 heteroatoms. The van der Waals surface area contributed by atoms with Crippen LogP contribution < -0.4 is 0 Å². The Labute approximate surface area is 44.1 Å². The average Bonchev–Trinajstić information content (AvgIpc) is 1.61. The monoisotopic (exact) mass is 103 g/mol. The summed E-state index contributed by atoms with van der Waals surface area (Å²) in [5.41, 5.74) is 0. The molecule has 0 aromatic heterocycles. The normalized spacial score (nSPS) is 10.3. The lowest BCUT2D eigenvalue weighted by Crippen LogP contribution is -1.96. The maximum absolute atomic E-state index is 8.38. The van der Waals surface area contributed by atoms with Crippen molar-refractivity contribution in [2.24, 2.45) is 0 Å². The molecule has 43 valence electrons. The molecular formula is C5H11O2. The summed E-state index contributed by atoms with van der Waals surface area (Å²) < 4.78 is 4.66. The Kier molecular flexibility index (Phi) is 4.04. The van der Waals surface area contributed by atoms with Gasteiger partial charge in [-0.25, -0.2) is 0 Å². The highest BCUT2D eigenvalue weighted by Crippen LogP contribution is 1.92. The quantitative estimate of drug-likeness (QED) is 0.583. The first kappa shape index (κ1) is 6.92. The van der Waals surface area contributed by atoms with Gasteiger partial charge in [0.2, 0.25) is 6.29 Å². The molecule has 0 atom stereocenters. The van der Waals surface area contributed by atoms with Gasteiger partial charge in [-0.1, -0.05) is 6.92 Å². The highest BCUT2D eigenvalue weighted by atomic mass is 16.6. The first-order valence-electron chi connectivity index (χ1n) is 2.42. The van der Waals surface area contributed by atoms with Gasteiger partial charge in [0.1, 0.15) is 0 Å². The molecule has 0 unspecified atom stereocenters. The van der Waals surface area contributed by atoms with E-state index in [-0.39, 0.29) is 6.29 Å². The van der Waals surface area contributed by atoms with E-state index in [0.29, 0.717) is 6.61 Å². The standard InChI is InChI=1S/C5H11O2/c1-3-4-7-5(2)6/h6H,3-4H2,1-2H3. The maximum Gasteiger partial charge on any atom is 0.217 e. The number of aliphatic hydroxyl groups is 1. The number of hydrogen-bond donors (Lipinski definition) is 1. The molecule has 7 heavy (non-hydrogen) atoms. The fraction of sp³-hybridized carbons (Fsp3) is 0.800. The molecule has 0 fully saturated rings. The first-order chi connectivity index (χ1) is 3.27. The zero-order valence-corrected chi connectivity index (χ0v) is 4.77. The van der Waals surface area contributed by atoms with Gasteiger partial charge in [0.25, 0.3) is 0 Å². The molecule has 0 aromatic rings. The molecule has 0 aliphatic rings. The third-order valence-corrected chi connectivity index (χ3v) is 0.515. The van der Waals surface area contributed by atoms with Gasteiger partial charge >= 0.3 is 0 Å². The molecule has 0 aliphatic carbocycles. The lowest BCUT2D eigenvalue weighted by Gasteiger charge is -1.99. The summed E-state index contributed by atoms with van der Waals surface area (Å²) in [7, 11) is 0. The maximum atomic E-state index is 8.38. The van der Waals surface area contributed by atoms with Crippen molar-refractivity contribution in [1.29, 1.82) is 0 Å². The van der Waals surface area contributed by atoms with E-state index < -0.39 is 0 Å². The van der Waals surface area contributed by atoms with Gasteiger partial charge in [-0.15, -0.1) is 0 Å². The Balaban J connectivity index is 2.68. The number of aliphatic hydroxyl groups excluding tert-OH is 1. The van der Waals surface area contributed by atoms with Crippen molar-refractivity contribution >= 4 is 0 Å². The second-order valence-electron chi connectivity index (χ2n) is 1.37. The Hall–Kier alpha value is -0.0800. The van der Waals surface area contributed by atoms with E-state index in [9.17, 15) is 0 Å². The topological polar surface area (TPSA) is 29.5 Å². The largest absolute Gasteiger partial charge is 0.362 e. The van der Waals surface area contributed by atoms with Crippen LogP contribution in [0.25, 0.3) is 0 Å². The van der Waals surface area contributed by atoms with Gasteiger partial charge < -0.3 is 9.84 Å². The molecule has 0 aliphatic heterocycles. The van der Waals surface area contributed by atoms with E-state index in [2.05, 4.69) is 4.74 Å². The fourth-order valence-electron chi connectivity index (χ4n) is 0.250. The van der Waals surface area contributed by atoms with E-state index in [0.717, 1.165) is 6.42 Å². The third kappa shape index (κ3) is 5.92. The van der Waals surface area contributed by atoms with Crippen LogP contribution in [-0.4, -0.2) is 11.7 Å². The predicted molar refractivity (Wildman–Crippen MR) is 27.1 cm³/mol. The van der Waals surface area contributed by atoms with Crippen LogP contribution in [-0.2, 0) is 4.74 Å². The van der Waals surface area contributed by atoms with Crippen LogP contribution in [0.3, 0.4) is 0 Å². The smallest absolute Gasteiger partial charge is 0.217 e. The van der Waals surface area contributed by atoms with Crippen LogP contribution >= 0.6 is 0 Å². The van der Waals surface area contributed by atoms with Crippen LogP contribution in [0, 0.1) is 6.29 Å². The van der Waals surface area contributed by atoms with Crippen LogP contribution in [0.15, 0.2) is 0 Å². The molecule has 0 spiro atoms.